The standard InChI is InChI=1S/C11H15NO2/c1-7-5-8(13-2)6-9-10(12)3-4-14-11(7)9/h5-6,10H,3-4,12H2,1-2H3. The molecule has 1 heterocycles. The van der Waals surface area contributed by atoms with Gasteiger partial charge in [-0.05, 0) is 24.6 Å². The van der Waals surface area contributed by atoms with E-state index in [1.54, 1.807) is 7.11 Å². The van der Waals surface area contributed by atoms with Gasteiger partial charge in [0.05, 0.1) is 13.7 Å². The Morgan fingerprint density at radius 2 is 2.29 bits per heavy atom. The molecule has 0 radical (unpaired) electrons. The lowest BCUT2D eigenvalue weighted by molar-refractivity contribution is 0.266. The molecule has 0 spiro atoms. The van der Waals surface area contributed by atoms with Crippen LogP contribution in [0, 0.1) is 6.92 Å². The summed E-state index contributed by atoms with van der Waals surface area (Å²) in [6, 6.07) is 4.01. The summed E-state index contributed by atoms with van der Waals surface area (Å²) < 4.78 is 10.8. The first-order chi connectivity index (χ1) is 6.72. The van der Waals surface area contributed by atoms with Crippen molar-refractivity contribution >= 4 is 0 Å². The molecule has 0 aromatic heterocycles. The Labute approximate surface area is 83.8 Å². The van der Waals surface area contributed by atoms with Gasteiger partial charge >= 0.3 is 0 Å². The van der Waals surface area contributed by atoms with Gasteiger partial charge in [-0.3, -0.25) is 0 Å². The van der Waals surface area contributed by atoms with Gasteiger partial charge in [0.2, 0.25) is 0 Å². The van der Waals surface area contributed by atoms with Crippen LogP contribution >= 0.6 is 0 Å². The van der Waals surface area contributed by atoms with Crippen LogP contribution in [-0.2, 0) is 0 Å². The number of ether oxygens (including phenoxy) is 2. The van der Waals surface area contributed by atoms with Gasteiger partial charge < -0.3 is 15.2 Å². The van der Waals surface area contributed by atoms with E-state index in [1.165, 1.54) is 0 Å². The second-order valence-corrected chi connectivity index (χ2v) is 3.61. The molecule has 14 heavy (non-hydrogen) atoms. The highest BCUT2D eigenvalue weighted by Gasteiger charge is 2.20. The fourth-order valence-electron chi connectivity index (χ4n) is 1.80. The Hall–Kier alpha value is -1.22. The first kappa shape index (κ1) is 9.34. The first-order valence-electron chi connectivity index (χ1n) is 4.79. The molecule has 2 rings (SSSR count). The minimum atomic E-state index is 0.0764. The third-order valence-electron chi connectivity index (χ3n) is 2.59. The highest BCUT2D eigenvalue weighted by atomic mass is 16.5. The lowest BCUT2D eigenvalue weighted by Crippen LogP contribution is -2.21. The smallest absolute Gasteiger partial charge is 0.127 e. The second-order valence-electron chi connectivity index (χ2n) is 3.61. The largest absolute Gasteiger partial charge is 0.497 e. The van der Waals surface area contributed by atoms with Gasteiger partial charge in [-0.1, -0.05) is 0 Å². The summed E-state index contributed by atoms with van der Waals surface area (Å²) in [6.45, 7) is 2.72. The van der Waals surface area contributed by atoms with Gasteiger partial charge in [0.25, 0.3) is 0 Å². The monoisotopic (exact) mass is 193 g/mol. The van der Waals surface area contributed by atoms with Crippen molar-refractivity contribution in [2.24, 2.45) is 5.73 Å². The molecular weight excluding hydrogens is 178 g/mol. The fourth-order valence-corrected chi connectivity index (χ4v) is 1.80. The van der Waals surface area contributed by atoms with E-state index >= 15 is 0 Å². The topological polar surface area (TPSA) is 44.5 Å². The van der Waals surface area contributed by atoms with E-state index in [4.69, 9.17) is 15.2 Å². The van der Waals surface area contributed by atoms with Crippen LogP contribution in [0.1, 0.15) is 23.6 Å². The molecule has 1 aromatic rings. The summed E-state index contributed by atoms with van der Waals surface area (Å²) in [6.07, 6.45) is 0.875. The zero-order valence-electron chi connectivity index (χ0n) is 8.54. The maximum absolute atomic E-state index is 6.00. The Morgan fingerprint density at radius 1 is 1.50 bits per heavy atom. The van der Waals surface area contributed by atoms with E-state index in [0.717, 1.165) is 29.0 Å². The molecule has 0 fully saturated rings. The van der Waals surface area contributed by atoms with Crippen LogP contribution < -0.4 is 15.2 Å². The Balaban J connectivity index is 2.51. The second kappa shape index (κ2) is 3.50. The molecule has 0 aliphatic carbocycles. The molecule has 1 atom stereocenters. The van der Waals surface area contributed by atoms with Crippen LogP contribution in [0.25, 0.3) is 0 Å². The summed E-state index contributed by atoms with van der Waals surface area (Å²) >= 11 is 0. The molecule has 0 saturated carbocycles. The van der Waals surface area contributed by atoms with Gasteiger partial charge in [-0.2, -0.15) is 0 Å². The van der Waals surface area contributed by atoms with Crippen molar-refractivity contribution in [1.82, 2.24) is 0 Å². The molecule has 76 valence electrons. The average molecular weight is 193 g/mol. The lowest BCUT2D eigenvalue weighted by atomic mass is 9.98. The van der Waals surface area contributed by atoms with Gasteiger partial charge in [0, 0.05) is 18.0 Å². The zero-order chi connectivity index (χ0) is 10.1. The van der Waals surface area contributed by atoms with Crippen molar-refractivity contribution in [3.8, 4) is 11.5 Å². The van der Waals surface area contributed by atoms with E-state index in [0.29, 0.717) is 6.61 Å². The van der Waals surface area contributed by atoms with Crippen molar-refractivity contribution in [3.63, 3.8) is 0 Å². The number of fused-ring (bicyclic) bond motifs is 1. The van der Waals surface area contributed by atoms with Crippen LogP contribution in [0.15, 0.2) is 12.1 Å². The summed E-state index contributed by atoms with van der Waals surface area (Å²) in [4.78, 5) is 0. The van der Waals surface area contributed by atoms with Crippen molar-refractivity contribution in [3.05, 3.63) is 23.3 Å². The van der Waals surface area contributed by atoms with Crippen LogP contribution in [0.3, 0.4) is 0 Å². The summed E-state index contributed by atoms with van der Waals surface area (Å²) in [5, 5.41) is 0. The number of benzene rings is 1. The number of methoxy groups -OCH3 is 1. The van der Waals surface area contributed by atoms with Crippen LogP contribution in [0.2, 0.25) is 0 Å². The molecule has 0 bridgehead atoms. The Kier molecular flexibility index (Phi) is 2.33. The minimum Gasteiger partial charge on any atom is -0.497 e. The van der Waals surface area contributed by atoms with Crippen LogP contribution in [0.4, 0.5) is 0 Å². The number of nitrogens with two attached hydrogens (primary N) is 1. The number of hydrogen-bond acceptors (Lipinski definition) is 3. The molecule has 2 N–H and O–H groups in total. The lowest BCUT2D eigenvalue weighted by Gasteiger charge is -2.25. The molecule has 3 nitrogen and oxygen atoms in total. The number of hydrogen-bond donors (Lipinski definition) is 1. The van der Waals surface area contributed by atoms with Crippen molar-refractivity contribution in [2.75, 3.05) is 13.7 Å². The molecule has 0 saturated heterocycles. The number of rotatable bonds is 1. The van der Waals surface area contributed by atoms with Gasteiger partial charge in [-0.25, -0.2) is 0 Å². The van der Waals surface area contributed by atoms with E-state index in [9.17, 15) is 0 Å². The maximum Gasteiger partial charge on any atom is 0.127 e. The molecule has 1 aromatic carbocycles. The average Bonchev–Trinajstić information content (AvgIpc) is 2.19. The Bertz CT molecular complexity index is 349. The van der Waals surface area contributed by atoms with E-state index in [1.807, 2.05) is 19.1 Å². The predicted molar refractivity (Wildman–Crippen MR) is 54.8 cm³/mol. The zero-order valence-corrected chi connectivity index (χ0v) is 8.54. The summed E-state index contributed by atoms with van der Waals surface area (Å²) in [5.74, 6) is 1.78. The normalized spacial score (nSPS) is 19.8. The number of aryl methyl sites for hydroxylation is 1. The van der Waals surface area contributed by atoms with E-state index in [2.05, 4.69) is 0 Å². The quantitative estimate of drug-likeness (QED) is 0.739. The SMILES string of the molecule is COc1cc(C)c2c(c1)C(N)CCO2. The van der Waals surface area contributed by atoms with E-state index < -0.39 is 0 Å². The molecule has 1 aliphatic rings. The molecule has 1 unspecified atom stereocenters. The molecule has 3 heteroatoms. The third-order valence-corrected chi connectivity index (χ3v) is 2.59. The predicted octanol–water partition coefficient (Wildman–Crippen LogP) is 1.79. The van der Waals surface area contributed by atoms with Crippen LogP contribution in [0.5, 0.6) is 11.5 Å². The molecule has 1 aliphatic heterocycles. The highest BCUT2D eigenvalue weighted by molar-refractivity contribution is 5.48. The van der Waals surface area contributed by atoms with Gasteiger partial charge in [-0.15, -0.1) is 0 Å². The molecular formula is C11H15NO2. The van der Waals surface area contributed by atoms with Crippen molar-refractivity contribution in [1.29, 1.82) is 0 Å². The fraction of sp³-hybridized carbons (Fsp3) is 0.455. The van der Waals surface area contributed by atoms with E-state index in [-0.39, 0.29) is 6.04 Å². The maximum atomic E-state index is 6.00. The van der Waals surface area contributed by atoms with Gasteiger partial charge in [0.15, 0.2) is 0 Å². The Morgan fingerprint density at radius 3 is 3.00 bits per heavy atom. The first-order valence-corrected chi connectivity index (χ1v) is 4.79. The highest BCUT2D eigenvalue weighted by Crippen LogP contribution is 2.36. The minimum absolute atomic E-state index is 0.0764. The van der Waals surface area contributed by atoms with Gasteiger partial charge in [0.1, 0.15) is 11.5 Å². The molecule has 0 amide bonds. The van der Waals surface area contributed by atoms with Crippen molar-refractivity contribution in [2.45, 2.75) is 19.4 Å². The summed E-state index contributed by atoms with van der Waals surface area (Å²) in [7, 11) is 1.66. The van der Waals surface area contributed by atoms with Crippen LogP contribution in [-0.4, -0.2) is 13.7 Å². The summed E-state index contributed by atoms with van der Waals surface area (Å²) in [5.41, 5.74) is 8.16. The van der Waals surface area contributed by atoms with Crippen molar-refractivity contribution < 1.29 is 9.47 Å². The third kappa shape index (κ3) is 1.44.